The fraction of sp³-hybridized carbons (Fsp3) is 0.607. The Bertz CT molecular complexity index is 2850. The Morgan fingerprint density at radius 3 is 1.19 bits per heavy atom. The van der Waals surface area contributed by atoms with Crippen LogP contribution in [0.2, 0.25) is 0 Å². The second-order valence-corrected chi connectivity index (χ2v) is 29.1. The average molecular weight is 927 g/mol. The summed E-state index contributed by atoms with van der Waals surface area (Å²) in [6.07, 6.45) is 19.2. The molecule has 0 aromatic heterocycles. The molecule has 13 aliphatic carbocycles. The van der Waals surface area contributed by atoms with Crippen molar-refractivity contribution in [3.63, 3.8) is 0 Å². The Kier molecular flexibility index (Phi) is 8.02. The van der Waals surface area contributed by atoms with Crippen LogP contribution in [-0.4, -0.2) is 20.1 Å². The highest BCUT2D eigenvalue weighted by molar-refractivity contribution is 5.88. The normalized spacial score (nSPS) is 44.4. The van der Waals surface area contributed by atoms with Gasteiger partial charge in [0.2, 0.25) is 0 Å². The molecule has 6 unspecified atom stereocenters. The first-order valence-corrected chi connectivity index (χ1v) is 26.7. The van der Waals surface area contributed by atoms with Crippen LogP contribution in [0.1, 0.15) is 196 Å². The summed E-state index contributed by atoms with van der Waals surface area (Å²) in [5.74, 6) is 1.15. The fourth-order valence-electron chi connectivity index (χ4n) is 23.4. The summed E-state index contributed by atoms with van der Waals surface area (Å²) in [7, 11) is 0. The molecule has 0 amide bonds. The molecule has 0 heterocycles. The molecule has 0 saturated heterocycles. The van der Waals surface area contributed by atoms with E-state index in [9.17, 15) is 30.4 Å². The number of nitro groups is 2. The van der Waals surface area contributed by atoms with Crippen molar-refractivity contribution in [3.8, 4) is 22.6 Å². The lowest BCUT2D eigenvalue weighted by Crippen LogP contribution is -2.57. The second-order valence-electron chi connectivity index (χ2n) is 29.1. The molecule has 12 bridgehead atoms. The van der Waals surface area contributed by atoms with Gasteiger partial charge < -0.3 is 10.2 Å². The Labute approximate surface area is 407 Å². The van der Waals surface area contributed by atoms with E-state index < -0.39 is 26.1 Å². The van der Waals surface area contributed by atoms with Gasteiger partial charge in [-0.15, -0.1) is 0 Å². The quantitative estimate of drug-likeness (QED) is 0.124. The van der Waals surface area contributed by atoms with Crippen molar-refractivity contribution in [2.24, 2.45) is 50.2 Å². The molecule has 12 saturated carbocycles. The Morgan fingerprint density at radius 1 is 0.420 bits per heavy atom. The molecule has 360 valence electrons. The SMILES string of the molecule is CC12CC3CC(C)(C1)CC(c1ccc4c(c1)C(c1cc([N+](=O)[O-])c(O)c(C56CC7CC(C)(CC(C)(C7)C5)C6)c1)(c1cc([N+](=O)[O-])c(O)c(C56CC7CC(C)(CC(C)(C7)C5)C6)c1)c1ccccc1-4)(C3)C2. The van der Waals surface area contributed by atoms with Crippen LogP contribution in [0.3, 0.4) is 0 Å². The fourth-order valence-corrected chi connectivity index (χ4v) is 23.4. The van der Waals surface area contributed by atoms with E-state index in [0.717, 1.165) is 119 Å². The second kappa shape index (κ2) is 12.8. The molecule has 69 heavy (non-hydrogen) atoms. The van der Waals surface area contributed by atoms with Crippen LogP contribution >= 0.6 is 0 Å². The Hall–Kier alpha value is -4.72. The van der Waals surface area contributed by atoms with E-state index in [1.54, 1.807) is 12.1 Å². The van der Waals surface area contributed by atoms with Gasteiger partial charge >= 0.3 is 11.4 Å². The average Bonchev–Trinajstić information content (AvgIpc) is 3.50. The maximum Gasteiger partial charge on any atom is 0.311 e. The molecule has 12 fully saturated rings. The first kappa shape index (κ1) is 43.1. The van der Waals surface area contributed by atoms with Crippen molar-refractivity contribution in [2.75, 3.05) is 0 Å². The molecular formula is C61H70N2O6. The minimum atomic E-state index is -1.26. The third kappa shape index (κ3) is 5.69. The minimum Gasteiger partial charge on any atom is -0.502 e. The smallest absolute Gasteiger partial charge is 0.311 e. The summed E-state index contributed by atoms with van der Waals surface area (Å²) in [4.78, 5) is 26.6. The van der Waals surface area contributed by atoms with Crippen LogP contribution in [0.25, 0.3) is 11.1 Å². The molecular weight excluding hydrogens is 857 g/mol. The van der Waals surface area contributed by atoms with Crippen molar-refractivity contribution >= 4 is 11.4 Å². The summed E-state index contributed by atoms with van der Waals surface area (Å²) in [5, 5.41) is 52.5. The van der Waals surface area contributed by atoms with E-state index in [2.05, 4.69) is 90.1 Å². The molecule has 6 atom stereocenters. The topological polar surface area (TPSA) is 127 Å². The van der Waals surface area contributed by atoms with Crippen molar-refractivity contribution in [1.82, 2.24) is 0 Å². The van der Waals surface area contributed by atoms with E-state index in [1.165, 1.54) is 24.8 Å². The molecule has 4 aromatic rings. The molecule has 2 N–H and O–H groups in total. The van der Waals surface area contributed by atoms with Gasteiger partial charge in [-0.1, -0.05) is 84.0 Å². The molecule has 8 heteroatoms. The summed E-state index contributed by atoms with van der Waals surface area (Å²) in [6, 6.07) is 23.1. The predicted octanol–water partition coefficient (Wildman–Crippen LogP) is 15.0. The molecule has 0 aliphatic heterocycles. The maximum atomic E-state index is 13.7. The zero-order valence-electron chi connectivity index (χ0n) is 41.7. The van der Waals surface area contributed by atoms with E-state index >= 15 is 0 Å². The van der Waals surface area contributed by atoms with Gasteiger partial charge in [0.1, 0.15) is 0 Å². The lowest BCUT2D eigenvalue weighted by molar-refractivity contribution is -0.386. The molecule has 17 rings (SSSR count). The van der Waals surface area contributed by atoms with Crippen LogP contribution in [0.4, 0.5) is 11.4 Å². The van der Waals surface area contributed by atoms with Gasteiger partial charge in [-0.05, 0) is 222 Å². The third-order valence-corrected chi connectivity index (χ3v) is 22.1. The number of fused-ring (bicyclic) bond motifs is 3. The maximum absolute atomic E-state index is 13.7. The first-order chi connectivity index (χ1) is 32.4. The number of phenols is 2. The predicted molar refractivity (Wildman–Crippen MR) is 268 cm³/mol. The van der Waals surface area contributed by atoms with Crippen LogP contribution in [0.5, 0.6) is 11.5 Å². The van der Waals surface area contributed by atoms with Crippen molar-refractivity contribution in [2.45, 2.75) is 179 Å². The standard InChI is InChI=1S/C61H70N2O6/c1-52-18-36-19-53(2,27-52)31-58(24-36,30-52)39-11-12-43-42-9-7-8-10-44(42)61(45(43)13-39,40-14-46(50(64)48(16-40)62(66)67)59-25-37-20-54(3,32-59)28-55(4,21-37)33-59)41-15-47(51(65)49(17-41)63(68)69)60-26-38-22-56(5,34-60)29-57(6,23-38)35-60/h7-17,36-38,64-65H,18-35H2,1-6H3. The van der Waals surface area contributed by atoms with E-state index in [0.29, 0.717) is 40.0 Å². The molecule has 0 radical (unpaired) electrons. The van der Waals surface area contributed by atoms with Crippen LogP contribution in [-0.2, 0) is 21.7 Å². The number of hydrogen-bond acceptors (Lipinski definition) is 6. The van der Waals surface area contributed by atoms with Crippen molar-refractivity contribution < 1.29 is 20.1 Å². The summed E-state index contributed by atoms with van der Waals surface area (Å²) in [6.45, 7) is 14.6. The summed E-state index contributed by atoms with van der Waals surface area (Å²) in [5.41, 5.74) is 5.94. The number of rotatable bonds is 7. The summed E-state index contributed by atoms with van der Waals surface area (Å²) >= 11 is 0. The molecule has 0 spiro atoms. The summed E-state index contributed by atoms with van der Waals surface area (Å²) < 4.78 is 0. The van der Waals surface area contributed by atoms with E-state index in [1.807, 2.05) is 6.07 Å². The first-order valence-electron chi connectivity index (χ1n) is 26.7. The van der Waals surface area contributed by atoms with Gasteiger partial charge in [0.15, 0.2) is 11.5 Å². The van der Waals surface area contributed by atoms with Crippen LogP contribution < -0.4 is 0 Å². The highest BCUT2D eigenvalue weighted by Gasteiger charge is 2.65. The lowest BCUT2D eigenvalue weighted by atomic mass is 9.39. The number of phenolic OH excluding ortho intramolecular Hbond substituents is 2. The van der Waals surface area contributed by atoms with E-state index in [-0.39, 0.29) is 60.8 Å². The molecule has 13 aliphatic rings. The Balaban J connectivity index is 1.09. The van der Waals surface area contributed by atoms with Gasteiger partial charge in [0, 0.05) is 34.1 Å². The number of aromatic hydroxyl groups is 2. The number of nitro benzene ring substituents is 2. The zero-order chi connectivity index (χ0) is 47.9. The van der Waals surface area contributed by atoms with Crippen LogP contribution in [0, 0.1) is 70.5 Å². The number of hydrogen-bond donors (Lipinski definition) is 2. The highest BCUT2D eigenvalue weighted by atomic mass is 16.6. The van der Waals surface area contributed by atoms with Gasteiger partial charge in [-0.3, -0.25) is 20.2 Å². The highest BCUT2D eigenvalue weighted by Crippen LogP contribution is 2.75. The van der Waals surface area contributed by atoms with Crippen molar-refractivity contribution in [3.05, 3.63) is 126 Å². The molecule has 8 nitrogen and oxygen atoms in total. The lowest BCUT2D eigenvalue weighted by Gasteiger charge is -2.65. The van der Waals surface area contributed by atoms with Crippen LogP contribution in [0.15, 0.2) is 66.7 Å². The van der Waals surface area contributed by atoms with Crippen molar-refractivity contribution in [1.29, 1.82) is 0 Å². The monoisotopic (exact) mass is 927 g/mol. The van der Waals surface area contributed by atoms with Gasteiger partial charge in [0.25, 0.3) is 0 Å². The zero-order valence-corrected chi connectivity index (χ0v) is 41.7. The third-order valence-electron chi connectivity index (χ3n) is 22.1. The number of nitrogens with zero attached hydrogens (tertiary/aromatic N) is 2. The number of benzene rings is 4. The van der Waals surface area contributed by atoms with Gasteiger partial charge in [0.05, 0.1) is 15.3 Å². The van der Waals surface area contributed by atoms with E-state index in [4.69, 9.17) is 0 Å². The van der Waals surface area contributed by atoms with Gasteiger partial charge in [-0.25, -0.2) is 0 Å². The Morgan fingerprint density at radius 2 is 0.783 bits per heavy atom. The molecule has 4 aromatic carbocycles. The van der Waals surface area contributed by atoms with Gasteiger partial charge in [-0.2, -0.15) is 0 Å². The largest absolute Gasteiger partial charge is 0.502 e. The minimum absolute atomic E-state index is 0.0368.